The van der Waals surface area contributed by atoms with Crippen molar-refractivity contribution in [1.29, 1.82) is 0 Å². The molecule has 0 aliphatic rings. The molecule has 2 rings (SSSR count). The van der Waals surface area contributed by atoms with Crippen LogP contribution in [0.2, 0.25) is 0 Å². The molecule has 0 radical (unpaired) electrons. The van der Waals surface area contributed by atoms with Crippen LogP contribution in [0.25, 0.3) is 0 Å². The summed E-state index contributed by atoms with van der Waals surface area (Å²) in [5.74, 6) is -0.00504. The maximum atomic E-state index is 12.2. The van der Waals surface area contributed by atoms with Crippen LogP contribution >= 0.6 is 38.6 Å². The third-order valence-electron chi connectivity index (χ3n) is 2.97. The van der Waals surface area contributed by atoms with Gasteiger partial charge in [0.05, 0.1) is 14.7 Å². The van der Waals surface area contributed by atoms with Crippen LogP contribution in [-0.2, 0) is 0 Å². The minimum absolute atomic E-state index is 0.00504. The molecule has 0 aliphatic heterocycles. The van der Waals surface area contributed by atoms with E-state index in [1.165, 1.54) is 26.7 Å². The number of carbonyl (C=O) groups excluding carboxylic acids is 1. The molecule has 2 aromatic heterocycles. The fraction of sp³-hybridized carbons (Fsp3) is 0.357. The van der Waals surface area contributed by atoms with Crippen LogP contribution in [0.4, 0.5) is 0 Å². The smallest absolute Gasteiger partial charge is 0.261 e. The first-order valence-electron chi connectivity index (χ1n) is 6.02. The van der Waals surface area contributed by atoms with Crippen molar-refractivity contribution in [3.63, 3.8) is 0 Å². The Balaban J connectivity index is 2.12. The van der Waals surface area contributed by atoms with Crippen LogP contribution in [-0.4, -0.2) is 5.91 Å². The third-order valence-corrected chi connectivity index (χ3v) is 6.09. The fourth-order valence-corrected chi connectivity index (χ4v) is 4.46. The number of hydrogen-bond donors (Lipinski definition) is 1. The van der Waals surface area contributed by atoms with Crippen LogP contribution in [0.1, 0.15) is 43.5 Å². The molecule has 0 saturated carbocycles. The number of carbonyl (C=O) groups is 1. The lowest BCUT2D eigenvalue weighted by atomic mass is 10.1. The van der Waals surface area contributed by atoms with Gasteiger partial charge in [0.1, 0.15) is 0 Å². The van der Waals surface area contributed by atoms with Gasteiger partial charge in [-0.05, 0) is 66.9 Å². The third kappa shape index (κ3) is 3.27. The quantitative estimate of drug-likeness (QED) is 0.823. The van der Waals surface area contributed by atoms with Crippen LogP contribution in [0, 0.1) is 20.8 Å². The van der Waals surface area contributed by atoms with Gasteiger partial charge in [0, 0.05) is 9.75 Å². The summed E-state index contributed by atoms with van der Waals surface area (Å²) in [6.07, 6.45) is 0. The van der Waals surface area contributed by atoms with Gasteiger partial charge in [-0.2, -0.15) is 0 Å². The summed E-state index contributed by atoms with van der Waals surface area (Å²) >= 11 is 6.70. The predicted octanol–water partition coefficient (Wildman–Crippen LogP) is 4.99. The molecule has 0 aliphatic carbocycles. The highest BCUT2D eigenvalue weighted by atomic mass is 79.9. The van der Waals surface area contributed by atoms with Gasteiger partial charge in [0.15, 0.2) is 0 Å². The molecule has 2 aromatic rings. The van der Waals surface area contributed by atoms with E-state index in [0.29, 0.717) is 0 Å². The molecule has 1 amide bonds. The van der Waals surface area contributed by atoms with Crippen molar-refractivity contribution in [3.05, 3.63) is 41.7 Å². The standard InChI is InChI=1S/C14H16BrNOS2/c1-7-5-12(19-13(7)15)14(17)16-9(3)11-6-8(2)18-10(11)4/h5-6,9H,1-4H3,(H,16,17). The summed E-state index contributed by atoms with van der Waals surface area (Å²) < 4.78 is 1.02. The first-order chi connectivity index (χ1) is 8.88. The minimum Gasteiger partial charge on any atom is -0.345 e. The Morgan fingerprint density at radius 3 is 2.42 bits per heavy atom. The zero-order chi connectivity index (χ0) is 14.2. The zero-order valence-electron chi connectivity index (χ0n) is 11.3. The summed E-state index contributed by atoms with van der Waals surface area (Å²) in [6, 6.07) is 4.11. The van der Waals surface area contributed by atoms with Crippen molar-refractivity contribution in [2.24, 2.45) is 0 Å². The normalized spacial score (nSPS) is 12.5. The molecule has 19 heavy (non-hydrogen) atoms. The number of hydrogen-bond acceptors (Lipinski definition) is 3. The van der Waals surface area contributed by atoms with Gasteiger partial charge in [-0.3, -0.25) is 4.79 Å². The highest BCUT2D eigenvalue weighted by Crippen LogP contribution is 2.29. The molecule has 2 heterocycles. The molecule has 1 N–H and O–H groups in total. The fourth-order valence-electron chi connectivity index (χ4n) is 2.00. The van der Waals surface area contributed by atoms with Crippen molar-refractivity contribution < 1.29 is 4.79 Å². The second-order valence-corrected chi connectivity index (χ2v) is 8.46. The number of nitrogens with one attached hydrogen (secondary N) is 1. The molecule has 0 spiro atoms. The topological polar surface area (TPSA) is 29.1 Å². The Morgan fingerprint density at radius 2 is 1.95 bits per heavy atom. The molecule has 1 atom stereocenters. The van der Waals surface area contributed by atoms with Crippen LogP contribution < -0.4 is 5.32 Å². The van der Waals surface area contributed by atoms with Crippen LogP contribution in [0.3, 0.4) is 0 Å². The Bertz CT molecular complexity index is 595. The van der Waals surface area contributed by atoms with Gasteiger partial charge in [-0.15, -0.1) is 22.7 Å². The summed E-state index contributed by atoms with van der Waals surface area (Å²) in [7, 11) is 0. The van der Waals surface area contributed by atoms with Gasteiger partial charge < -0.3 is 5.32 Å². The average Bonchev–Trinajstić information content (AvgIpc) is 2.82. The highest BCUT2D eigenvalue weighted by molar-refractivity contribution is 9.11. The average molecular weight is 358 g/mol. The molecule has 5 heteroatoms. The molecule has 2 nitrogen and oxygen atoms in total. The number of amides is 1. The van der Waals surface area contributed by atoms with Crippen LogP contribution in [0.5, 0.6) is 0 Å². The maximum absolute atomic E-state index is 12.2. The van der Waals surface area contributed by atoms with Crippen molar-refractivity contribution in [2.45, 2.75) is 33.7 Å². The largest absolute Gasteiger partial charge is 0.345 e. The van der Waals surface area contributed by atoms with Crippen LogP contribution in [0.15, 0.2) is 15.9 Å². The molecule has 0 aromatic carbocycles. The number of halogens is 1. The van der Waals surface area contributed by atoms with E-state index in [1.54, 1.807) is 11.3 Å². The van der Waals surface area contributed by atoms with E-state index in [-0.39, 0.29) is 11.9 Å². The summed E-state index contributed by atoms with van der Waals surface area (Å²) in [4.78, 5) is 15.5. The number of rotatable bonds is 3. The molecular formula is C14H16BrNOS2. The van der Waals surface area contributed by atoms with Gasteiger partial charge in [-0.1, -0.05) is 0 Å². The number of aryl methyl sites for hydroxylation is 3. The van der Waals surface area contributed by atoms with Crippen molar-refractivity contribution >= 4 is 44.5 Å². The number of thiophene rings is 2. The van der Waals surface area contributed by atoms with Gasteiger partial charge in [0.25, 0.3) is 5.91 Å². The Kier molecular flexibility index (Phi) is 4.48. The summed E-state index contributed by atoms with van der Waals surface area (Å²) in [5.41, 5.74) is 2.31. The van der Waals surface area contributed by atoms with E-state index < -0.39 is 0 Å². The van der Waals surface area contributed by atoms with Gasteiger partial charge >= 0.3 is 0 Å². The monoisotopic (exact) mass is 357 g/mol. The van der Waals surface area contributed by atoms with Crippen molar-refractivity contribution in [1.82, 2.24) is 5.32 Å². The van der Waals surface area contributed by atoms with E-state index in [2.05, 4.69) is 41.2 Å². The lowest BCUT2D eigenvalue weighted by Crippen LogP contribution is -2.25. The highest BCUT2D eigenvalue weighted by Gasteiger charge is 2.17. The van der Waals surface area contributed by atoms with E-state index >= 15 is 0 Å². The second kappa shape index (κ2) is 5.77. The first-order valence-corrected chi connectivity index (χ1v) is 8.44. The molecule has 0 bridgehead atoms. The molecule has 1 unspecified atom stereocenters. The van der Waals surface area contributed by atoms with Gasteiger partial charge in [0.2, 0.25) is 0 Å². The second-order valence-electron chi connectivity index (χ2n) is 4.63. The maximum Gasteiger partial charge on any atom is 0.261 e. The summed E-state index contributed by atoms with van der Waals surface area (Å²) in [5, 5.41) is 3.06. The molecule has 0 saturated heterocycles. The Hall–Kier alpha value is -0.650. The lowest BCUT2D eigenvalue weighted by Gasteiger charge is -2.13. The Morgan fingerprint density at radius 1 is 1.26 bits per heavy atom. The van der Waals surface area contributed by atoms with Crippen molar-refractivity contribution in [2.75, 3.05) is 0 Å². The van der Waals surface area contributed by atoms with E-state index in [0.717, 1.165) is 14.2 Å². The van der Waals surface area contributed by atoms with Gasteiger partial charge in [-0.25, -0.2) is 0 Å². The molecular weight excluding hydrogens is 342 g/mol. The SMILES string of the molecule is Cc1cc(C(C)NC(=O)c2cc(C)c(Br)s2)c(C)s1. The van der Waals surface area contributed by atoms with E-state index in [9.17, 15) is 4.79 Å². The van der Waals surface area contributed by atoms with E-state index in [4.69, 9.17) is 0 Å². The lowest BCUT2D eigenvalue weighted by molar-refractivity contribution is 0.0944. The van der Waals surface area contributed by atoms with E-state index in [1.807, 2.05) is 19.9 Å². The minimum atomic E-state index is -0.00504. The van der Waals surface area contributed by atoms with Crippen molar-refractivity contribution in [3.8, 4) is 0 Å². The molecule has 102 valence electrons. The zero-order valence-corrected chi connectivity index (χ0v) is 14.6. The predicted molar refractivity (Wildman–Crippen MR) is 86.4 cm³/mol. The molecule has 0 fully saturated rings. The summed E-state index contributed by atoms with van der Waals surface area (Å²) in [6.45, 7) is 8.21. The first kappa shape index (κ1) is 14.8. The Labute approximate surface area is 130 Å².